The normalized spacial score (nSPS) is 11.5. The van der Waals surface area contributed by atoms with Crippen molar-refractivity contribution in [2.45, 2.75) is 6.61 Å². The van der Waals surface area contributed by atoms with Gasteiger partial charge < -0.3 is 19.4 Å². The fourth-order valence-corrected chi connectivity index (χ4v) is 6.11. The Bertz CT molecular complexity index is 2160. The van der Waals surface area contributed by atoms with Gasteiger partial charge in [-0.25, -0.2) is 9.37 Å². The van der Waals surface area contributed by atoms with Crippen LogP contribution in [0.1, 0.15) is 5.56 Å². The second-order valence-corrected chi connectivity index (χ2v) is 12.6. The number of aromatic amines is 2. The van der Waals surface area contributed by atoms with E-state index < -0.39 is 0 Å². The number of fused-ring (bicyclic) bond motifs is 2. The van der Waals surface area contributed by atoms with Gasteiger partial charge in [0.05, 0.1) is 16.9 Å². The molecule has 0 fully saturated rings. The van der Waals surface area contributed by atoms with Crippen LogP contribution in [0.25, 0.3) is 55.7 Å². The lowest BCUT2D eigenvalue weighted by atomic mass is 10.0. The van der Waals surface area contributed by atoms with Crippen molar-refractivity contribution >= 4 is 44.5 Å². The highest BCUT2D eigenvalue weighted by Gasteiger charge is 2.17. The van der Waals surface area contributed by atoms with Gasteiger partial charge in [0.1, 0.15) is 41.7 Å². The van der Waals surface area contributed by atoms with Crippen LogP contribution in [0, 0.1) is 9.39 Å². The molecule has 0 aliphatic rings. The molecule has 9 heteroatoms. The molecule has 0 aliphatic carbocycles. The number of aromatic nitrogens is 4. The summed E-state index contributed by atoms with van der Waals surface area (Å²) < 4.78 is 27.8. The number of nitrogens with one attached hydrogen (secondary N) is 2. The van der Waals surface area contributed by atoms with Crippen molar-refractivity contribution in [1.82, 2.24) is 25.1 Å². The van der Waals surface area contributed by atoms with Crippen LogP contribution in [0.5, 0.6) is 11.5 Å². The van der Waals surface area contributed by atoms with Gasteiger partial charge in [-0.1, -0.05) is 42.5 Å². The van der Waals surface area contributed by atoms with Crippen LogP contribution in [-0.4, -0.2) is 52.3 Å². The van der Waals surface area contributed by atoms with Gasteiger partial charge in [-0.2, -0.15) is 5.10 Å². The molecule has 7 aromatic rings. The SMILES string of the molecule is CN(C)CCOc1cc(F)cc(-c2cccc3[nH]c(-c4n[nH]c5ccc(-c6cc(I)cc(OCc7ccccc7)c6)nc45)cc23)c1. The van der Waals surface area contributed by atoms with Gasteiger partial charge in [-0.15, -0.1) is 0 Å². The molecule has 0 spiro atoms. The summed E-state index contributed by atoms with van der Waals surface area (Å²) in [5.41, 5.74) is 8.53. The number of likely N-dealkylation sites (N-methyl/N-ethyl adjacent to an activating group) is 1. The zero-order valence-corrected chi connectivity index (χ0v) is 27.5. The Labute approximate surface area is 279 Å². The Kier molecular flexibility index (Phi) is 8.42. The second kappa shape index (κ2) is 12.9. The molecule has 46 heavy (non-hydrogen) atoms. The van der Waals surface area contributed by atoms with Crippen molar-refractivity contribution in [3.8, 4) is 45.3 Å². The summed E-state index contributed by atoms with van der Waals surface area (Å²) >= 11 is 2.31. The summed E-state index contributed by atoms with van der Waals surface area (Å²) in [6.07, 6.45) is 0. The number of ether oxygens (including phenoxy) is 2. The maximum absolute atomic E-state index is 14.7. The molecule has 0 atom stereocenters. The average Bonchev–Trinajstić information content (AvgIpc) is 3.67. The highest BCUT2D eigenvalue weighted by molar-refractivity contribution is 14.1. The van der Waals surface area contributed by atoms with E-state index in [-0.39, 0.29) is 5.82 Å². The summed E-state index contributed by atoms with van der Waals surface area (Å²) in [4.78, 5) is 10.6. The van der Waals surface area contributed by atoms with E-state index in [1.165, 1.54) is 12.1 Å². The number of halogens is 2. The van der Waals surface area contributed by atoms with Crippen LogP contribution >= 0.6 is 22.6 Å². The van der Waals surface area contributed by atoms with E-state index in [9.17, 15) is 4.39 Å². The molecule has 7 rings (SSSR count). The van der Waals surface area contributed by atoms with E-state index in [1.54, 1.807) is 0 Å². The third-order valence-electron chi connectivity index (χ3n) is 7.73. The maximum Gasteiger partial charge on any atom is 0.135 e. The van der Waals surface area contributed by atoms with Crippen molar-refractivity contribution in [3.63, 3.8) is 0 Å². The number of hydrogen-bond acceptors (Lipinski definition) is 5. The van der Waals surface area contributed by atoms with Gasteiger partial charge in [0.2, 0.25) is 0 Å². The Morgan fingerprint density at radius 1 is 0.804 bits per heavy atom. The molecule has 2 N–H and O–H groups in total. The lowest BCUT2D eigenvalue weighted by molar-refractivity contribution is 0.260. The molecule has 230 valence electrons. The minimum absolute atomic E-state index is 0.343. The lowest BCUT2D eigenvalue weighted by Crippen LogP contribution is -2.19. The van der Waals surface area contributed by atoms with E-state index in [0.29, 0.717) is 24.7 Å². The first-order chi connectivity index (χ1) is 22.4. The first-order valence-electron chi connectivity index (χ1n) is 14.9. The number of rotatable bonds is 10. The average molecular weight is 724 g/mol. The molecule has 0 unspecified atom stereocenters. The quantitative estimate of drug-likeness (QED) is 0.138. The smallest absolute Gasteiger partial charge is 0.135 e. The summed E-state index contributed by atoms with van der Waals surface area (Å²) in [5.74, 6) is 0.944. The number of nitrogens with zero attached hydrogens (tertiary/aromatic N) is 3. The van der Waals surface area contributed by atoms with E-state index >= 15 is 0 Å². The first kappa shape index (κ1) is 29.9. The van der Waals surface area contributed by atoms with Gasteiger partial charge in [0, 0.05) is 32.6 Å². The van der Waals surface area contributed by atoms with Crippen LogP contribution < -0.4 is 9.47 Å². The largest absolute Gasteiger partial charge is 0.492 e. The summed E-state index contributed by atoms with van der Waals surface area (Å²) in [6.45, 7) is 1.70. The summed E-state index contributed by atoms with van der Waals surface area (Å²) in [7, 11) is 3.95. The van der Waals surface area contributed by atoms with E-state index in [1.807, 2.05) is 91.8 Å². The molecule has 7 nitrogen and oxygen atoms in total. The summed E-state index contributed by atoms with van der Waals surface area (Å²) in [5, 5.41) is 8.73. The van der Waals surface area contributed by atoms with Crippen molar-refractivity contribution in [3.05, 3.63) is 118 Å². The minimum atomic E-state index is -0.343. The highest BCUT2D eigenvalue weighted by atomic mass is 127. The third kappa shape index (κ3) is 6.47. The highest BCUT2D eigenvalue weighted by Crippen LogP contribution is 2.36. The Balaban J connectivity index is 1.21. The standard InChI is InChI=1S/C37H31FIN5O2/c1-44(2)13-14-45-28-17-24(15-26(38)19-28)30-9-6-10-33-31(30)21-35(40-33)37-36-34(42-43-37)12-11-32(41-36)25-16-27(39)20-29(18-25)46-22-23-7-4-3-5-8-23/h3-12,15-21,40H,13-14,22H2,1-2H3,(H,42,43). The lowest BCUT2D eigenvalue weighted by Gasteiger charge is -2.12. The van der Waals surface area contributed by atoms with Crippen molar-refractivity contribution < 1.29 is 13.9 Å². The van der Waals surface area contributed by atoms with Gasteiger partial charge in [-0.3, -0.25) is 5.10 Å². The molecule has 3 heterocycles. The molecule has 0 amide bonds. The van der Waals surface area contributed by atoms with Crippen molar-refractivity contribution in [1.29, 1.82) is 0 Å². The Morgan fingerprint density at radius 2 is 1.63 bits per heavy atom. The van der Waals surface area contributed by atoms with Gasteiger partial charge >= 0.3 is 0 Å². The third-order valence-corrected chi connectivity index (χ3v) is 8.35. The monoisotopic (exact) mass is 723 g/mol. The number of H-pyrrole nitrogens is 2. The van der Waals surface area contributed by atoms with E-state index in [0.717, 1.165) is 71.4 Å². The fraction of sp³-hybridized carbons (Fsp3) is 0.135. The van der Waals surface area contributed by atoms with Crippen LogP contribution in [-0.2, 0) is 6.61 Å². The molecule has 3 aromatic heterocycles. The molecule has 0 aliphatic heterocycles. The molecular weight excluding hydrogens is 692 g/mol. The number of pyridine rings is 1. The first-order valence-corrected chi connectivity index (χ1v) is 16.0. The zero-order valence-electron chi connectivity index (χ0n) is 25.4. The maximum atomic E-state index is 14.7. The Morgan fingerprint density at radius 3 is 2.48 bits per heavy atom. The van der Waals surface area contributed by atoms with Crippen LogP contribution in [0.2, 0.25) is 0 Å². The van der Waals surface area contributed by atoms with Gasteiger partial charge in [-0.05, 0) is 108 Å². The van der Waals surface area contributed by atoms with E-state index in [4.69, 9.17) is 14.5 Å². The topological polar surface area (TPSA) is 79.1 Å². The van der Waals surface area contributed by atoms with Crippen LogP contribution in [0.3, 0.4) is 0 Å². The molecular formula is C37H31FIN5O2. The number of benzene rings is 4. The Hall–Kier alpha value is -4.74. The van der Waals surface area contributed by atoms with Gasteiger partial charge in [0.25, 0.3) is 0 Å². The summed E-state index contributed by atoms with van der Waals surface area (Å²) in [6, 6.07) is 33.1. The van der Waals surface area contributed by atoms with E-state index in [2.05, 4.69) is 56.0 Å². The fourth-order valence-electron chi connectivity index (χ4n) is 5.46. The van der Waals surface area contributed by atoms with Crippen molar-refractivity contribution in [2.75, 3.05) is 27.2 Å². The van der Waals surface area contributed by atoms with Crippen LogP contribution in [0.4, 0.5) is 4.39 Å². The second-order valence-electron chi connectivity index (χ2n) is 11.4. The minimum Gasteiger partial charge on any atom is -0.492 e. The molecule has 0 radical (unpaired) electrons. The molecule has 0 saturated heterocycles. The van der Waals surface area contributed by atoms with Gasteiger partial charge in [0.15, 0.2) is 0 Å². The van der Waals surface area contributed by atoms with Crippen LogP contribution in [0.15, 0.2) is 103 Å². The zero-order chi connectivity index (χ0) is 31.6. The molecule has 0 saturated carbocycles. The molecule has 4 aromatic carbocycles. The predicted octanol–water partition coefficient (Wildman–Crippen LogP) is 8.70. The predicted molar refractivity (Wildman–Crippen MR) is 190 cm³/mol. The van der Waals surface area contributed by atoms with Crippen molar-refractivity contribution in [2.24, 2.45) is 0 Å². The molecule has 0 bridgehead atoms. The number of hydrogen-bond donors (Lipinski definition) is 2.